The van der Waals surface area contributed by atoms with Gasteiger partial charge in [0.15, 0.2) is 0 Å². The van der Waals surface area contributed by atoms with Gasteiger partial charge in [0.25, 0.3) is 0 Å². The Labute approximate surface area is 215 Å². The van der Waals surface area contributed by atoms with E-state index in [9.17, 15) is 9.59 Å². The Morgan fingerprint density at radius 3 is 2.35 bits per heavy atom. The minimum Gasteiger partial charge on any atom is -0.468 e. The number of ether oxygens (including phenoxy) is 2. The Balaban J connectivity index is 1.30. The van der Waals surface area contributed by atoms with Gasteiger partial charge in [-0.2, -0.15) is 5.10 Å². The van der Waals surface area contributed by atoms with Gasteiger partial charge in [0, 0.05) is 11.1 Å². The number of anilines is 1. The molecule has 5 rings (SSSR count). The summed E-state index contributed by atoms with van der Waals surface area (Å²) in [6.07, 6.45) is 4.04. The molecule has 188 valence electrons. The number of esters is 1. The van der Waals surface area contributed by atoms with E-state index in [-0.39, 0.29) is 5.97 Å². The topological polar surface area (TPSA) is 95.3 Å². The zero-order chi connectivity index (χ0) is 26.0. The molecule has 1 saturated carbocycles. The minimum atomic E-state index is -0.564. The van der Waals surface area contributed by atoms with Crippen molar-refractivity contribution >= 4 is 17.9 Å². The van der Waals surface area contributed by atoms with E-state index in [1.165, 1.54) is 7.11 Å². The first kappa shape index (κ1) is 24.2. The molecule has 0 bridgehead atoms. The van der Waals surface area contributed by atoms with Crippen LogP contribution in [0, 0.1) is 6.92 Å². The quantitative estimate of drug-likeness (QED) is 0.327. The number of benzene rings is 2. The van der Waals surface area contributed by atoms with E-state index in [2.05, 4.69) is 15.4 Å². The van der Waals surface area contributed by atoms with Gasteiger partial charge in [0.05, 0.1) is 36.3 Å². The SMILES string of the molecule is COC(=O)C1(c2ccc(-c3ccc(-n4ncc(C)c4NC(=O)OC(C)c4ccccc4)cn3)cc2)CC1. The van der Waals surface area contributed by atoms with Gasteiger partial charge in [0.1, 0.15) is 11.9 Å². The third-order valence-corrected chi connectivity index (χ3v) is 6.78. The van der Waals surface area contributed by atoms with Gasteiger partial charge in [-0.25, -0.2) is 9.48 Å². The highest BCUT2D eigenvalue weighted by molar-refractivity contribution is 5.87. The summed E-state index contributed by atoms with van der Waals surface area (Å²) in [7, 11) is 1.43. The Hall–Kier alpha value is -4.46. The number of nitrogens with zero attached hydrogens (tertiary/aromatic N) is 3. The van der Waals surface area contributed by atoms with Gasteiger partial charge in [-0.15, -0.1) is 0 Å². The van der Waals surface area contributed by atoms with Crippen molar-refractivity contribution < 1.29 is 19.1 Å². The highest BCUT2D eigenvalue weighted by atomic mass is 16.6. The van der Waals surface area contributed by atoms with Crippen LogP contribution in [-0.4, -0.2) is 33.9 Å². The van der Waals surface area contributed by atoms with Gasteiger partial charge >= 0.3 is 12.1 Å². The summed E-state index contributed by atoms with van der Waals surface area (Å²) < 4.78 is 12.2. The first-order valence-corrected chi connectivity index (χ1v) is 12.1. The van der Waals surface area contributed by atoms with Crippen LogP contribution in [0.1, 0.15) is 42.6 Å². The molecular formula is C29H28N4O4. The van der Waals surface area contributed by atoms with Gasteiger partial charge in [-0.1, -0.05) is 54.6 Å². The zero-order valence-corrected chi connectivity index (χ0v) is 21.0. The van der Waals surface area contributed by atoms with Crippen LogP contribution >= 0.6 is 0 Å². The second-order valence-corrected chi connectivity index (χ2v) is 9.22. The summed E-state index contributed by atoms with van der Waals surface area (Å²) >= 11 is 0. The van der Waals surface area contributed by atoms with E-state index in [0.717, 1.165) is 40.8 Å². The molecule has 0 saturated heterocycles. The maximum atomic E-state index is 12.6. The molecule has 1 aliphatic rings. The van der Waals surface area contributed by atoms with Crippen LogP contribution in [-0.2, 0) is 19.7 Å². The molecule has 1 amide bonds. The molecule has 0 aliphatic heterocycles. The van der Waals surface area contributed by atoms with Crippen LogP contribution in [0.25, 0.3) is 16.9 Å². The fraction of sp³-hybridized carbons (Fsp3) is 0.241. The van der Waals surface area contributed by atoms with Crippen molar-refractivity contribution in [2.24, 2.45) is 0 Å². The average Bonchev–Trinajstić information content (AvgIpc) is 3.67. The van der Waals surface area contributed by atoms with Crippen molar-refractivity contribution in [2.75, 3.05) is 12.4 Å². The average molecular weight is 497 g/mol. The van der Waals surface area contributed by atoms with Crippen molar-refractivity contribution in [1.82, 2.24) is 14.8 Å². The van der Waals surface area contributed by atoms with Gasteiger partial charge in [-0.05, 0) is 49.9 Å². The van der Waals surface area contributed by atoms with E-state index < -0.39 is 17.6 Å². The second kappa shape index (κ2) is 9.89. The molecule has 0 radical (unpaired) electrons. The smallest absolute Gasteiger partial charge is 0.413 e. The number of methoxy groups -OCH3 is 1. The molecule has 1 atom stereocenters. The standard InChI is InChI=1S/C29H28N4O4/c1-19-17-31-33(26(19)32-28(35)37-20(2)21-7-5-4-6-8-21)24-13-14-25(30-18-24)22-9-11-23(12-10-22)29(15-16-29)27(34)36-3/h4-14,17-18,20H,15-16H2,1-3H3,(H,32,35). The van der Waals surface area contributed by atoms with Crippen LogP contribution in [0.15, 0.2) is 79.1 Å². The maximum Gasteiger partial charge on any atom is 0.413 e. The maximum absolute atomic E-state index is 12.6. The van der Waals surface area contributed by atoms with Gasteiger partial charge in [-0.3, -0.25) is 15.1 Å². The predicted octanol–water partition coefficient (Wildman–Crippen LogP) is 5.76. The normalized spacial score (nSPS) is 14.5. The Bertz CT molecular complexity index is 1410. The molecule has 4 aromatic rings. The molecule has 0 spiro atoms. The summed E-state index contributed by atoms with van der Waals surface area (Å²) in [5.41, 5.74) is 4.60. The molecular weight excluding hydrogens is 468 g/mol. The van der Waals surface area contributed by atoms with E-state index in [1.54, 1.807) is 17.1 Å². The fourth-order valence-corrected chi connectivity index (χ4v) is 4.43. The lowest BCUT2D eigenvalue weighted by atomic mass is 9.94. The lowest BCUT2D eigenvalue weighted by molar-refractivity contribution is -0.143. The van der Waals surface area contributed by atoms with Gasteiger partial charge < -0.3 is 9.47 Å². The van der Waals surface area contributed by atoms with Crippen LogP contribution in [0.4, 0.5) is 10.6 Å². The summed E-state index contributed by atoms with van der Waals surface area (Å²) in [4.78, 5) is 29.4. The van der Waals surface area contributed by atoms with Crippen molar-refractivity contribution in [2.45, 2.75) is 38.2 Å². The first-order chi connectivity index (χ1) is 17.9. The molecule has 37 heavy (non-hydrogen) atoms. The number of amides is 1. The molecule has 2 aromatic heterocycles. The van der Waals surface area contributed by atoms with Crippen LogP contribution in [0.3, 0.4) is 0 Å². The summed E-state index contributed by atoms with van der Waals surface area (Å²) in [6, 6.07) is 21.2. The van der Waals surface area contributed by atoms with E-state index in [0.29, 0.717) is 11.5 Å². The van der Waals surface area contributed by atoms with Crippen molar-refractivity contribution in [1.29, 1.82) is 0 Å². The van der Waals surface area contributed by atoms with Crippen LogP contribution < -0.4 is 5.32 Å². The number of hydrogen-bond donors (Lipinski definition) is 1. The third-order valence-electron chi connectivity index (χ3n) is 6.78. The minimum absolute atomic E-state index is 0.180. The van der Waals surface area contributed by atoms with Crippen LogP contribution in [0.5, 0.6) is 0 Å². The summed E-state index contributed by atoms with van der Waals surface area (Å²) in [5.74, 6) is 0.335. The molecule has 2 aromatic carbocycles. The highest BCUT2D eigenvalue weighted by Gasteiger charge is 2.52. The van der Waals surface area contributed by atoms with Gasteiger partial charge in [0.2, 0.25) is 0 Å². The Morgan fingerprint density at radius 2 is 1.73 bits per heavy atom. The number of rotatable bonds is 7. The number of pyridine rings is 1. The third kappa shape index (κ3) is 4.82. The van der Waals surface area contributed by atoms with E-state index in [1.807, 2.05) is 80.6 Å². The van der Waals surface area contributed by atoms with Crippen molar-refractivity contribution in [3.63, 3.8) is 0 Å². The molecule has 1 N–H and O–H groups in total. The lowest BCUT2D eigenvalue weighted by Gasteiger charge is -2.15. The lowest BCUT2D eigenvalue weighted by Crippen LogP contribution is -2.21. The second-order valence-electron chi connectivity index (χ2n) is 9.22. The molecule has 1 fully saturated rings. The molecule has 1 unspecified atom stereocenters. The number of aromatic nitrogens is 3. The number of carbonyl (C=O) groups is 2. The monoisotopic (exact) mass is 496 g/mol. The Kier molecular flexibility index (Phi) is 6.48. The Morgan fingerprint density at radius 1 is 1.00 bits per heavy atom. The summed E-state index contributed by atoms with van der Waals surface area (Å²) in [6.45, 7) is 3.69. The molecule has 1 aliphatic carbocycles. The predicted molar refractivity (Wildman–Crippen MR) is 139 cm³/mol. The molecule has 8 nitrogen and oxygen atoms in total. The zero-order valence-electron chi connectivity index (χ0n) is 21.0. The van der Waals surface area contributed by atoms with Crippen molar-refractivity contribution in [3.05, 3.63) is 95.8 Å². The number of aryl methyl sites for hydroxylation is 1. The van der Waals surface area contributed by atoms with E-state index in [4.69, 9.17) is 9.47 Å². The molecule has 8 heteroatoms. The molecule has 2 heterocycles. The number of hydrogen-bond acceptors (Lipinski definition) is 6. The largest absolute Gasteiger partial charge is 0.468 e. The summed E-state index contributed by atoms with van der Waals surface area (Å²) in [5, 5.41) is 7.23. The van der Waals surface area contributed by atoms with Crippen molar-refractivity contribution in [3.8, 4) is 16.9 Å². The first-order valence-electron chi connectivity index (χ1n) is 12.1. The highest BCUT2D eigenvalue weighted by Crippen LogP contribution is 2.49. The van der Waals surface area contributed by atoms with Crippen LogP contribution in [0.2, 0.25) is 0 Å². The number of nitrogens with one attached hydrogen (secondary N) is 1. The van der Waals surface area contributed by atoms with E-state index >= 15 is 0 Å². The fourth-order valence-electron chi connectivity index (χ4n) is 4.43. The number of carbonyl (C=O) groups excluding carboxylic acids is 2.